The molecule has 0 aromatic heterocycles. The lowest BCUT2D eigenvalue weighted by atomic mass is 9.98. The van der Waals surface area contributed by atoms with E-state index in [-0.39, 0.29) is 0 Å². The van der Waals surface area contributed by atoms with Gasteiger partial charge in [0.2, 0.25) is 0 Å². The van der Waals surface area contributed by atoms with E-state index in [1.807, 2.05) is 0 Å². The molecule has 2 heterocycles. The fourth-order valence-electron chi connectivity index (χ4n) is 2.69. The first-order valence-corrected chi connectivity index (χ1v) is 7.45. The molecule has 2 fully saturated rings. The van der Waals surface area contributed by atoms with E-state index >= 15 is 0 Å². The highest BCUT2D eigenvalue weighted by atomic mass is 16.7. The molecule has 0 amide bonds. The molecule has 0 bridgehead atoms. The van der Waals surface area contributed by atoms with Gasteiger partial charge in [-0.3, -0.25) is 0 Å². The molecule has 0 unspecified atom stereocenters. The number of carboxylic acids is 1. The van der Waals surface area contributed by atoms with Crippen molar-refractivity contribution >= 4 is 5.97 Å². The maximum atomic E-state index is 11.2. The van der Waals surface area contributed by atoms with Crippen molar-refractivity contribution < 1.29 is 59.5 Å². The van der Waals surface area contributed by atoms with Crippen LogP contribution in [0, 0.1) is 0 Å². The van der Waals surface area contributed by atoms with E-state index < -0.39 is 74.0 Å². The molecule has 12 nitrogen and oxygen atoms in total. The van der Waals surface area contributed by atoms with Crippen LogP contribution in [0.4, 0.5) is 0 Å². The van der Waals surface area contributed by atoms with Crippen molar-refractivity contribution in [1.29, 1.82) is 0 Å². The quantitative estimate of drug-likeness (QED) is 0.245. The summed E-state index contributed by atoms with van der Waals surface area (Å²) in [5.41, 5.74) is 0. The normalized spacial score (nSPS) is 48.3. The molecule has 7 N–H and O–H groups in total. The molecule has 0 aromatic carbocycles. The zero-order valence-electron chi connectivity index (χ0n) is 13.2. The maximum Gasteiger partial charge on any atom is 0.335 e. The lowest BCUT2D eigenvalue weighted by molar-refractivity contribution is -0.323. The topological polar surface area (TPSA) is 196 Å². The van der Waals surface area contributed by atoms with Crippen LogP contribution < -0.4 is 0 Å². The molecular formula is C13H22O12. The van der Waals surface area contributed by atoms with Crippen LogP contribution in [0.2, 0.25) is 0 Å². The summed E-state index contributed by atoms with van der Waals surface area (Å²) in [5, 5.41) is 67.2. The molecule has 0 aliphatic carbocycles. The average Bonchev–Trinajstić information content (AvgIpc) is 2.57. The molecule has 0 aromatic rings. The molecule has 10 atom stereocenters. The minimum absolute atomic E-state index is 0.541. The summed E-state index contributed by atoms with van der Waals surface area (Å²) in [4.78, 5) is 11.2. The number of hydrogen-bond donors (Lipinski definition) is 7. The molecule has 12 heteroatoms. The Morgan fingerprint density at radius 2 is 1.56 bits per heavy atom. The number of methoxy groups -OCH3 is 1. The van der Waals surface area contributed by atoms with Gasteiger partial charge in [0.25, 0.3) is 0 Å². The number of hydrogen-bond acceptors (Lipinski definition) is 11. The van der Waals surface area contributed by atoms with Crippen LogP contribution in [0.15, 0.2) is 0 Å². The molecule has 0 spiro atoms. The largest absolute Gasteiger partial charge is 0.479 e. The summed E-state index contributed by atoms with van der Waals surface area (Å²) in [7, 11) is 1.14. The first-order valence-electron chi connectivity index (χ1n) is 7.45. The Kier molecular flexibility index (Phi) is 6.67. The Hall–Kier alpha value is -0.930. The van der Waals surface area contributed by atoms with Gasteiger partial charge in [0.05, 0.1) is 6.61 Å². The van der Waals surface area contributed by atoms with E-state index in [1.54, 1.807) is 0 Å². The van der Waals surface area contributed by atoms with E-state index in [1.165, 1.54) is 0 Å². The van der Waals surface area contributed by atoms with Crippen LogP contribution in [0.3, 0.4) is 0 Å². The van der Waals surface area contributed by atoms with E-state index in [0.717, 1.165) is 7.11 Å². The Balaban J connectivity index is 2.01. The van der Waals surface area contributed by atoms with Crippen molar-refractivity contribution in [2.75, 3.05) is 13.7 Å². The minimum atomic E-state index is -1.78. The zero-order chi connectivity index (χ0) is 18.9. The first kappa shape index (κ1) is 20.4. The van der Waals surface area contributed by atoms with Gasteiger partial charge in [-0.25, -0.2) is 4.79 Å². The third-order valence-corrected chi connectivity index (χ3v) is 4.17. The molecule has 0 saturated carbocycles. The predicted molar refractivity (Wildman–Crippen MR) is 74.0 cm³/mol. The van der Waals surface area contributed by atoms with E-state index in [2.05, 4.69) is 0 Å². The number of carboxylic acid groups (broad SMARTS) is 1. The average molecular weight is 370 g/mol. The zero-order valence-corrected chi connectivity index (χ0v) is 13.2. The number of aliphatic hydroxyl groups excluding tert-OH is 6. The van der Waals surface area contributed by atoms with Crippen molar-refractivity contribution in [3.63, 3.8) is 0 Å². The Labute approximate surface area is 141 Å². The molecule has 2 aliphatic rings. The highest BCUT2D eigenvalue weighted by molar-refractivity contribution is 5.73. The summed E-state index contributed by atoms with van der Waals surface area (Å²) in [6, 6.07) is 0. The van der Waals surface area contributed by atoms with Crippen LogP contribution in [-0.2, 0) is 23.7 Å². The standard InChI is InChI=1S/C13H22O12/c1-22-9-6(16)8(18)13(25-10(9)11(19)20)23-2-3-4(14)5(15)7(17)12(21)24-3/h3-10,12-18,21H,2H2,1H3,(H,19,20)/t3-,4+,5+,6-,7-,8-,9+,10+,12-,13-/m1/s1. The first-order chi connectivity index (χ1) is 11.7. The summed E-state index contributed by atoms with van der Waals surface area (Å²) in [6.07, 6.45) is -16.0. The number of ether oxygens (including phenoxy) is 4. The Bertz CT molecular complexity index is 460. The van der Waals surface area contributed by atoms with Crippen molar-refractivity contribution in [2.45, 2.75) is 61.4 Å². The smallest absolute Gasteiger partial charge is 0.335 e. The van der Waals surface area contributed by atoms with Gasteiger partial charge in [-0.15, -0.1) is 0 Å². The van der Waals surface area contributed by atoms with E-state index in [4.69, 9.17) is 24.1 Å². The molecule has 146 valence electrons. The Morgan fingerprint density at radius 1 is 0.920 bits per heavy atom. The highest BCUT2D eigenvalue weighted by Crippen LogP contribution is 2.26. The van der Waals surface area contributed by atoms with Crippen molar-refractivity contribution in [1.82, 2.24) is 0 Å². The Morgan fingerprint density at radius 3 is 2.12 bits per heavy atom. The van der Waals surface area contributed by atoms with Crippen LogP contribution in [0.25, 0.3) is 0 Å². The predicted octanol–water partition coefficient (Wildman–Crippen LogP) is -4.65. The van der Waals surface area contributed by atoms with Crippen molar-refractivity contribution in [2.24, 2.45) is 0 Å². The van der Waals surface area contributed by atoms with Crippen LogP contribution >= 0.6 is 0 Å². The summed E-state index contributed by atoms with van der Waals surface area (Å²) in [6.45, 7) is -0.541. The van der Waals surface area contributed by atoms with Crippen LogP contribution in [0.1, 0.15) is 0 Å². The molecule has 0 radical (unpaired) electrons. The van der Waals surface area contributed by atoms with Crippen LogP contribution in [-0.4, -0.2) is 117 Å². The van der Waals surface area contributed by atoms with Gasteiger partial charge in [-0.1, -0.05) is 0 Å². The third kappa shape index (κ3) is 4.09. The molecule has 2 saturated heterocycles. The molecule has 2 rings (SSSR count). The molecular weight excluding hydrogens is 348 g/mol. The van der Waals surface area contributed by atoms with Gasteiger partial charge in [0.15, 0.2) is 18.7 Å². The summed E-state index contributed by atoms with van der Waals surface area (Å²) in [5.74, 6) is -1.45. The van der Waals surface area contributed by atoms with Gasteiger partial charge in [0.1, 0.15) is 42.7 Å². The highest BCUT2D eigenvalue weighted by Gasteiger charge is 2.49. The van der Waals surface area contributed by atoms with Crippen molar-refractivity contribution in [3.05, 3.63) is 0 Å². The number of carbonyl (C=O) groups is 1. The maximum absolute atomic E-state index is 11.2. The fourth-order valence-corrected chi connectivity index (χ4v) is 2.69. The van der Waals surface area contributed by atoms with E-state index in [0.29, 0.717) is 0 Å². The van der Waals surface area contributed by atoms with Gasteiger partial charge < -0.3 is 54.7 Å². The molecule has 2 aliphatic heterocycles. The second-order valence-corrected chi connectivity index (χ2v) is 5.82. The van der Waals surface area contributed by atoms with Crippen molar-refractivity contribution in [3.8, 4) is 0 Å². The number of aliphatic hydroxyl groups is 6. The second kappa shape index (κ2) is 8.18. The fraction of sp³-hybridized carbons (Fsp3) is 0.923. The summed E-state index contributed by atoms with van der Waals surface area (Å²) >= 11 is 0. The van der Waals surface area contributed by atoms with Gasteiger partial charge in [-0.05, 0) is 0 Å². The third-order valence-electron chi connectivity index (χ3n) is 4.17. The second-order valence-electron chi connectivity index (χ2n) is 5.82. The van der Waals surface area contributed by atoms with Crippen LogP contribution in [0.5, 0.6) is 0 Å². The SMILES string of the molecule is CO[C@H]1[C@H](O)[C@@H](O)[C@H](OC[C@H]2O[C@@H](O)[C@H](O)[C@@H](O)[C@H]2O)O[C@@H]1C(=O)O. The van der Waals surface area contributed by atoms with E-state index in [9.17, 15) is 35.4 Å². The monoisotopic (exact) mass is 370 g/mol. The van der Waals surface area contributed by atoms with Gasteiger partial charge in [-0.2, -0.15) is 0 Å². The van der Waals surface area contributed by atoms with Gasteiger partial charge in [0, 0.05) is 7.11 Å². The number of aliphatic carboxylic acids is 1. The minimum Gasteiger partial charge on any atom is -0.479 e. The van der Waals surface area contributed by atoms with Gasteiger partial charge >= 0.3 is 5.97 Å². The molecule has 25 heavy (non-hydrogen) atoms. The number of rotatable bonds is 5. The summed E-state index contributed by atoms with van der Waals surface area (Å²) < 4.78 is 19.9. The lowest BCUT2D eigenvalue weighted by Crippen LogP contribution is -2.62. The lowest BCUT2D eigenvalue weighted by Gasteiger charge is -2.42.